The molecule has 0 spiro atoms. The van der Waals surface area contributed by atoms with Crippen molar-refractivity contribution in [2.24, 2.45) is 0 Å². The zero-order valence-corrected chi connectivity index (χ0v) is 5.05. The minimum Gasteiger partial charge on any atom is -0.493 e. The molecule has 1 radical (unpaired) electrons. The summed E-state index contributed by atoms with van der Waals surface area (Å²) in [5.41, 5.74) is 6.42. The Labute approximate surface area is 53.2 Å². The van der Waals surface area contributed by atoms with Crippen molar-refractivity contribution in [2.75, 3.05) is 5.73 Å². The lowest BCUT2D eigenvalue weighted by Gasteiger charge is -1.94. The number of pyridine rings is 1. The standard InChI is InChI=1S/C6H7N2O/c1-4-2-5(7)3-6(9)8-4/h2H,1H3,(H3,7,8,9). The maximum atomic E-state index is 8.75. The number of aromatic nitrogens is 1. The molecular weight excluding hydrogens is 116 g/mol. The van der Waals surface area contributed by atoms with Gasteiger partial charge in [-0.2, -0.15) is 0 Å². The van der Waals surface area contributed by atoms with E-state index in [1.54, 1.807) is 13.0 Å². The Morgan fingerprint density at radius 3 is 2.89 bits per heavy atom. The second-order valence-electron chi connectivity index (χ2n) is 1.80. The van der Waals surface area contributed by atoms with Gasteiger partial charge < -0.3 is 10.8 Å². The van der Waals surface area contributed by atoms with Gasteiger partial charge in [0.05, 0.1) is 6.07 Å². The van der Waals surface area contributed by atoms with Crippen LogP contribution in [0.5, 0.6) is 5.88 Å². The molecule has 0 aliphatic carbocycles. The van der Waals surface area contributed by atoms with Gasteiger partial charge in [0.2, 0.25) is 5.88 Å². The highest BCUT2D eigenvalue weighted by Crippen LogP contribution is 2.09. The molecule has 3 heteroatoms. The summed E-state index contributed by atoms with van der Waals surface area (Å²) in [7, 11) is 0. The van der Waals surface area contributed by atoms with E-state index in [1.807, 2.05) is 0 Å². The molecule has 0 atom stereocenters. The van der Waals surface area contributed by atoms with Crippen LogP contribution < -0.4 is 5.73 Å². The van der Waals surface area contributed by atoms with Crippen molar-refractivity contribution in [3.05, 3.63) is 17.8 Å². The molecule has 0 aliphatic rings. The summed E-state index contributed by atoms with van der Waals surface area (Å²) in [5, 5.41) is 8.75. The van der Waals surface area contributed by atoms with Gasteiger partial charge in [-0.15, -0.1) is 0 Å². The Bertz CT molecular complexity index is 172. The summed E-state index contributed by atoms with van der Waals surface area (Å²) in [6.45, 7) is 1.75. The molecule has 47 valence electrons. The monoisotopic (exact) mass is 123 g/mol. The van der Waals surface area contributed by atoms with Crippen LogP contribution in [-0.2, 0) is 0 Å². The average molecular weight is 123 g/mol. The van der Waals surface area contributed by atoms with Crippen LogP contribution in [0.2, 0.25) is 0 Å². The molecule has 1 aromatic rings. The Kier molecular flexibility index (Phi) is 1.26. The highest BCUT2D eigenvalue weighted by atomic mass is 16.3. The van der Waals surface area contributed by atoms with Crippen molar-refractivity contribution in [2.45, 2.75) is 6.92 Å². The van der Waals surface area contributed by atoms with Crippen LogP contribution in [-0.4, -0.2) is 10.1 Å². The first-order valence-corrected chi connectivity index (χ1v) is 2.54. The van der Waals surface area contributed by atoms with Gasteiger partial charge in [0.1, 0.15) is 0 Å². The van der Waals surface area contributed by atoms with E-state index < -0.39 is 0 Å². The lowest BCUT2D eigenvalue weighted by Crippen LogP contribution is -1.88. The zero-order chi connectivity index (χ0) is 6.85. The first-order chi connectivity index (χ1) is 4.18. The number of hydrogen-bond acceptors (Lipinski definition) is 3. The van der Waals surface area contributed by atoms with Crippen LogP contribution in [0.4, 0.5) is 5.69 Å². The van der Waals surface area contributed by atoms with E-state index in [2.05, 4.69) is 11.1 Å². The van der Waals surface area contributed by atoms with Gasteiger partial charge in [-0.05, 0) is 13.0 Å². The molecule has 1 heterocycles. The number of nitrogens with two attached hydrogens (primary N) is 1. The molecule has 0 fully saturated rings. The lowest BCUT2D eigenvalue weighted by molar-refractivity contribution is 0.451. The van der Waals surface area contributed by atoms with Crippen LogP contribution >= 0.6 is 0 Å². The highest BCUT2D eigenvalue weighted by Gasteiger charge is 1.92. The van der Waals surface area contributed by atoms with Gasteiger partial charge >= 0.3 is 0 Å². The molecule has 0 amide bonds. The summed E-state index contributed by atoms with van der Waals surface area (Å²) in [6.07, 6.45) is 0. The van der Waals surface area contributed by atoms with Crippen LogP contribution in [0, 0.1) is 13.0 Å². The maximum Gasteiger partial charge on any atom is 0.221 e. The van der Waals surface area contributed by atoms with E-state index in [9.17, 15) is 0 Å². The quantitative estimate of drug-likeness (QED) is 0.527. The number of nitrogens with zero attached hydrogens (tertiary/aromatic N) is 1. The minimum atomic E-state index is -0.146. The molecule has 0 aromatic carbocycles. The van der Waals surface area contributed by atoms with Crippen molar-refractivity contribution >= 4 is 5.69 Å². The average Bonchev–Trinajstić information content (AvgIpc) is 1.59. The molecule has 0 unspecified atom stereocenters. The highest BCUT2D eigenvalue weighted by molar-refractivity contribution is 5.39. The largest absolute Gasteiger partial charge is 0.493 e. The Hall–Kier alpha value is -1.25. The second-order valence-corrected chi connectivity index (χ2v) is 1.80. The summed E-state index contributed by atoms with van der Waals surface area (Å²) in [4.78, 5) is 3.65. The van der Waals surface area contributed by atoms with Gasteiger partial charge in [-0.25, -0.2) is 4.98 Å². The lowest BCUT2D eigenvalue weighted by atomic mass is 10.3. The number of aromatic hydroxyl groups is 1. The van der Waals surface area contributed by atoms with Gasteiger partial charge in [0.25, 0.3) is 0 Å². The van der Waals surface area contributed by atoms with E-state index >= 15 is 0 Å². The number of aryl methyl sites for hydroxylation is 1. The van der Waals surface area contributed by atoms with E-state index in [4.69, 9.17) is 10.8 Å². The van der Waals surface area contributed by atoms with Crippen LogP contribution in [0.25, 0.3) is 0 Å². The fraction of sp³-hybridized carbons (Fsp3) is 0.167. The fourth-order valence-corrected chi connectivity index (χ4v) is 0.617. The van der Waals surface area contributed by atoms with Crippen molar-refractivity contribution in [1.82, 2.24) is 4.98 Å². The summed E-state index contributed by atoms with van der Waals surface area (Å²) in [5.74, 6) is -0.146. The van der Waals surface area contributed by atoms with Crippen LogP contribution in [0.1, 0.15) is 5.69 Å². The molecule has 0 aliphatic heterocycles. The van der Waals surface area contributed by atoms with Gasteiger partial charge in [0, 0.05) is 11.4 Å². The molecule has 3 nitrogen and oxygen atoms in total. The molecule has 1 rings (SSSR count). The molecule has 1 aromatic heterocycles. The molecular formula is C6H7N2O. The van der Waals surface area contributed by atoms with Crippen molar-refractivity contribution < 1.29 is 5.11 Å². The summed E-state index contributed by atoms with van der Waals surface area (Å²) in [6, 6.07) is 4.07. The second kappa shape index (κ2) is 1.93. The molecule has 0 bridgehead atoms. The van der Waals surface area contributed by atoms with Gasteiger partial charge in [0.15, 0.2) is 0 Å². The van der Waals surface area contributed by atoms with E-state index in [0.717, 1.165) is 0 Å². The van der Waals surface area contributed by atoms with Crippen molar-refractivity contribution in [3.63, 3.8) is 0 Å². The smallest absolute Gasteiger partial charge is 0.221 e. The molecule has 0 saturated heterocycles. The van der Waals surface area contributed by atoms with Gasteiger partial charge in [-0.3, -0.25) is 0 Å². The number of nitrogen functional groups attached to an aromatic ring is 1. The van der Waals surface area contributed by atoms with E-state index in [1.165, 1.54) is 0 Å². The zero-order valence-electron chi connectivity index (χ0n) is 5.05. The van der Waals surface area contributed by atoms with Crippen LogP contribution in [0.15, 0.2) is 6.07 Å². The number of rotatable bonds is 0. The summed E-state index contributed by atoms with van der Waals surface area (Å²) < 4.78 is 0. The number of hydrogen-bond donors (Lipinski definition) is 2. The first kappa shape index (κ1) is 5.88. The predicted octanol–water partition coefficient (Wildman–Crippen LogP) is 0.478. The van der Waals surface area contributed by atoms with E-state index in [0.29, 0.717) is 11.4 Å². The Balaban J connectivity index is 3.17. The normalized spacial score (nSPS) is 9.44. The SMILES string of the molecule is Cc1cc(N)[c]c(O)n1. The third-order valence-electron chi connectivity index (χ3n) is 0.903. The third-order valence-corrected chi connectivity index (χ3v) is 0.903. The van der Waals surface area contributed by atoms with Crippen molar-refractivity contribution in [3.8, 4) is 5.88 Å². The number of anilines is 1. The molecule has 9 heavy (non-hydrogen) atoms. The molecule has 3 N–H and O–H groups in total. The fourth-order valence-electron chi connectivity index (χ4n) is 0.617. The summed E-state index contributed by atoms with van der Waals surface area (Å²) >= 11 is 0. The Morgan fingerprint density at radius 1 is 1.78 bits per heavy atom. The van der Waals surface area contributed by atoms with Crippen LogP contribution in [0.3, 0.4) is 0 Å². The van der Waals surface area contributed by atoms with Crippen molar-refractivity contribution in [1.29, 1.82) is 0 Å². The van der Waals surface area contributed by atoms with E-state index in [-0.39, 0.29) is 5.88 Å². The van der Waals surface area contributed by atoms with Gasteiger partial charge in [-0.1, -0.05) is 0 Å². The maximum absolute atomic E-state index is 8.75. The predicted molar refractivity (Wildman–Crippen MR) is 33.9 cm³/mol. The first-order valence-electron chi connectivity index (χ1n) is 2.54. The minimum absolute atomic E-state index is 0.146. The third kappa shape index (κ3) is 1.32. The topological polar surface area (TPSA) is 59.1 Å². The molecule has 0 saturated carbocycles. The Morgan fingerprint density at radius 2 is 2.44 bits per heavy atom.